The predicted octanol–water partition coefficient (Wildman–Crippen LogP) is 5.96. The number of benzene rings is 1. The van der Waals surface area contributed by atoms with Gasteiger partial charge in [-0.25, -0.2) is 9.37 Å². The van der Waals surface area contributed by atoms with Crippen LogP contribution in [-0.4, -0.2) is 38.6 Å². The SMILES string of the molecule is C=C/C=C(\C=C(/C)F)Cn1cncc1CNCC(=O)N(CCC)/C(C=C)=C(/C=C\C)Oc1ccccc1O. The molecule has 0 saturated carbocycles. The Morgan fingerprint density at radius 2 is 2.08 bits per heavy atom. The maximum Gasteiger partial charge on any atom is 0.241 e. The maximum atomic E-state index is 13.4. The van der Waals surface area contributed by atoms with Crippen LogP contribution in [0.2, 0.25) is 0 Å². The van der Waals surface area contributed by atoms with E-state index in [0.717, 1.165) is 17.7 Å². The molecule has 0 unspecified atom stereocenters. The van der Waals surface area contributed by atoms with Crippen LogP contribution in [0.15, 0.2) is 109 Å². The van der Waals surface area contributed by atoms with Gasteiger partial charge in [-0.2, -0.15) is 0 Å². The zero-order valence-electron chi connectivity index (χ0n) is 22.4. The Labute approximate surface area is 224 Å². The number of ether oxygens (including phenoxy) is 1. The van der Waals surface area contributed by atoms with Crippen molar-refractivity contribution in [1.82, 2.24) is 19.8 Å². The van der Waals surface area contributed by atoms with Gasteiger partial charge in [0.25, 0.3) is 0 Å². The van der Waals surface area contributed by atoms with Crippen LogP contribution < -0.4 is 10.1 Å². The number of carbonyl (C=O) groups excluding carboxylic acids is 1. The molecule has 0 fully saturated rings. The summed E-state index contributed by atoms with van der Waals surface area (Å²) in [6, 6.07) is 6.64. The van der Waals surface area contributed by atoms with E-state index in [9.17, 15) is 14.3 Å². The minimum atomic E-state index is -0.297. The highest BCUT2D eigenvalue weighted by molar-refractivity contribution is 5.80. The van der Waals surface area contributed by atoms with Crippen molar-refractivity contribution in [3.63, 3.8) is 0 Å². The summed E-state index contributed by atoms with van der Waals surface area (Å²) in [5, 5.41) is 13.3. The minimum absolute atomic E-state index is 0.00665. The van der Waals surface area contributed by atoms with Gasteiger partial charge in [-0.05, 0) is 56.2 Å². The number of nitrogens with zero attached hydrogens (tertiary/aromatic N) is 3. The summed E-state index contributed by atoms with van der Waals surface area (Å²) in [4.78, 5) is 19.1. The fourth-order valence-electron chi connectivity index (χ4n) is 3.71. The smallest absolute Gasteiger partial charge is 0.241 e. The highest BCUT2D eigenvalue weighted by atomic mass is 19.1. The molecule has 0 radical (unpaired) electrons. The number of phenolic OH excluding ortho intramolecular Hbond substituents is 1. The first-order valence-corrected chi connectivity index (χ1v) is 12.4. The Balaban J connectivity index is 2.19. The number of rotatable bonds is 15. The van der Waals surface area contributed by atoms with Crippen LogP contribution in [0.25, 0.3) is 0 Å². The minimum Gasteiger partial charge on any atom is -0.504 e. The van der Waals surface area contributed by atoms with Gasteiger partial charge in [0.15, 0.2) is 17.3 Å². The standard InChI is InChI=1S/C30H37FN4O3/c1-6-12-24(17-23(5)31)21-34-22-33-19-25(34)18-32-20-30(37)35(16-8-3)26(9-4)28(13-7-2)38-29-15-11-10-14-27(29)36/h6-7,9-15,17,19,22,32,36H,1,4,8,16,18,20-21H2,2-3,5H3/b13-7-,23-17+,24-12+,28-26-. The van der Waals surface area contributed by atoms with E-state index in [-0.39, 0.29) is 29.8 Å². The summed E-state index contributed by atoms with van der Waals surface area (Å²) < 4.78 is 21.3. The predicted molar refractivity (Wildman–Crippen MR) is 150 cm³/mol. The van der Waals surface area contributed by atoms with Gasteiger partial charge in [0, 0.05) is 25.8 Å². The molecule has 0 aliphatic carbocycles. The number of aromatic nitrogens is 2. The zero-order valence-corrected chi connectivity index (χ0v) is 22.4. The first-order chi connectivity index (χ1) is 18.3. The van der Waals surface area contributed by atoms with Crippen molar-refractivity contribution in [2.75, 3.05) is 13.1 Å². The maximum absolute atomic E-state index is 13.4. The topological polar surface area (TPSA) is 79.6 Å². The molecular formula is C30H37FN4O3. The van der Waals surface area contributed by atoms with Gasteiger partial charge in [0.05, 0.1) is 30.1 Å². The molecule has 1 amide bonds. The lowest BCUT2D eigenvalue weighted by Gasteiger charge is -2.25. The largest absolute Gasteiger partial charge is 0.504 e. The lowest BCUT2D eigenvalue weighted by molar-refractivity contribution is -0.128. The molecule has 0 aliphatic heterocycles. The van der Waals surface area contributed by atoms with Crippen LogP contribution in [0.3, 0.4) is 0 Å². The van der Waals surface area contributed by atoms with Crippen molar-refractivity contribution in [2.24, 2.45) is 0 Å². The molecule has 0 spiro atoms. The molecule has 2 aromatic rings. The normalized spacial score (nSPS) is 12.8. The highest BCUT2D eigenvalue weighted by Crippen LogP contribution is 2.28. The number of amides is 1. The Morgan fingerprint density at radius 1 is 1.32 bits per heavy atom. The van der Waals surface area contributed by atoms with Gasteiger partial charge >= 0.3 is 0 Å². The number of phenols is 1. The Kier molecular flexibility index (Phi) is 12.5. The molecule has 1 aromatic heterocycles. The zero-order chi connectivity index (χ0) is 27.9. The molecule has 0 bridgehead atoms. The van der Waals surface area contributed by atoms with Gasteiger partial charge < -0.3 is 24.6 Å². The fraction of sp³-hybridized carbons (Fsp3) is 0.267. The van der Waals surface area contributed by atoms with Crippen molar-refractivity contribution < 1.29 is 19.0 Å². The van der Waals surface area contributed by atoms with Gasteiger partial charge in [-0.15, -0.1) is 0 Å². The Morgan fingerprint density at radius 3 is 2.71 bits per heavy atom. The summed E-state index contributed by atoms with van der Waals surface area (Å²) in [5.41, 5.74) is 2.08. The molecule has 7 nitrogen and oxygen atoms in total. The first-order valence-electron chi connectivity index (χ1n) is 12.4. The second kappa shape index (κ2) is 15.8. The van der Waals surface area contributed by atoms with E-state index >= 15 is 0 Å². The molecule has 8 heteroatoms. The molecule has 1 aromatic carbocycles. The van der Waals surface area contributed by atoms with Crippen LogP contribution in [0.5, 0.6) is 11.5 Å². The van der Waals surface area contributed by atoms with E-state index in [4.69, 9.17) is 4.74 Å². The highest BCUT2D eigenvalue weighted by Gasteiger charge is 2.20. The summed E-state index contributed by atoms with van der Waals surface area (Å²) in [6.45, 7) is 14.1. The lowest BCUT2D eigenvalue weighted by atomic mass is 10.2. The average Bonchev–Trinajstić information content (AvgIpc) is 3.31. The number of allylic oxidation sites excluding steroid dienone is 8. The van der Waals surface area contributed by atoms with E-state index in [2.05, 4.69) is 23.5 Å². The second-order valence-corrected chi connectivity index (χ2v) is 8.39. The van der Waals surface area contributed by atoms with Gasteiger partial charge in [-0.3, -0.25) is 4.79 Å². The monoisotopic (exact) mass is 520 g/mol. The molecule has 38 heavy (non-hydrogen) atoms. The summed E-state index contributed by atoms with van der Waals surface area (Å²) in [6.07, 6.45) is 14.0. The lowest BCUT2D eigenvalue weighted by Crippen LogP contribution is -2.38. The van der Waals surface area contributed by atoms with Crippen LogP contribution in [0.1, 0.15) is 32.9 Å². The van der Waals surface area contributed by atoms with E-state index in [1.54, 1.807) is 66.0 Å². The number of para-hydroxylation sites is 2. The van der Waals surface area contributed by atoms with Gasteiger partial charge in [0.2, 0.25) is 5.91 Å². The van der Waals surface area contributed by atoms with Gasteiger partial charge in [0.1, 0.15) is 0 Å². The third-order valence-corrected chi connectivity index (χ3v) is 5.34. The van der Waals surface area contributed by atoms with E-state index < -0.39 is 0 Å². The Hall–Kier alpha value is -4.17. The van der Waals surface area contributed by atoms with Crippen molar-refractivity contribution in [3.05, 3.63) is 115 Å². The van der Waals surface area contributed by atoms with Crippen molar-refractivity contribution >= 4 is 5.91 Å². The number of imidazole rings is 1. The molecule has 0 aliphatic rings. The molecule has 0 atom stereocenters. The summed E-state index contributed by atoms with van der Waals surface area (Å²) in [7, 11) is 0. The average molecular weight is 521 g/mol. The summed E-state index contributed by atoms with van der Waals surface area (Å²) in [5.74, 6) is 0.195. The van der Waals surface area contributed by atoms with E-state index in [1.165, 1.54) is 19.1 Å². The molecular weight excluding hydrogens is 483 g/mol. The number of carbonyl (C=O) groups is 1. The van der Waals surface area contributed by atoms with Crippen LogP contribution >= 0.6 is 0 Å². The molecule has 202 valence electrons. The number of hydrogen-bond donors (Lipinski definition) is 2. The molecule has 2 N–H and O–H groups in total. The Bertz CT molecular complexity index is 1220. The molecule has 2 rings (SSSR count). The first kappa shape index (κ1) is 30.1. The molecule has 0 saturated heterocycles. The van der Waals surface area contributed by atoms with E-state index in [1.807, 2.05) is 18.4 Å². The van der Waals surface area contributed by atoms with Crippen LogP contribution in [0.4, 0.5) is 4.39 Å². The third-order valence-electron chi connectivity index (χ3n) is 5.34. The van der Waals surface area contributed by atoms with E-state index in [0.29, 0.717) is 31.1 Å². The molecule has 1 heterocycles. The third kappa shape index (κ3) is 9.05. The van der Waals surface area contributed by atoms with Crippen molar-refractivity contribution in [2.45, 2.75) is 40.3 Å². The number of aromatic hydroxyl groups is 1. The fourth-order valence-corrected chi connectivity index (χ4v) is 3.71. The van der Waals surface area contributed by atoms with Crippen LogP contribution in [0, 0.1) is 0 Å². The van der Waals surface area contributed by atoms with Crippen molar-refractivity contribution in [1.29, 1.82) is 0 Å². The summed E-state index contributed by atoms with van der Waals surface area (Å²) >= 11 is 0. The number of nitrogens with one attached hydrogen (secondary N) is 1. The quantitative estimate of drug-likeness (QED) is 0.224. The number of halogens is 1. The van der Waals surface area contributed by atoms with Crippen LogP contribution in [-0.2, 0) is 17.9 Å². The number of hydrogen-bond acceptors (Lipinski definition) is 5. The van der Waals surface area contributed by atoms with Crippen molar-refractivity contribution in [3.8, 4) is 11.5 Å². The van der Waals surface area contributed by atoms with Gasteiger partial charge in [-0.1, -0.05) is 50.4 Å². The second-order valence-electron chi connectivity index (χ2n) is 8.39.